The Balaban J connectivity index is 1.62. The van der Waals surface area contributed by atoms with Crippen molar-refractivity contribution in [2.45, 2.75) is 26.7 Å². The van der Waals surface area contributed by atoms with E-state index in [0.717, 1.165) is 22.6 Å². The average molecular weight is 380 g/mol. The summed E-state index contributed by atoms with van der Waals surface area (Å²) in [5, 5.41) is 0. The molecule has 0 N–H and O–H groups in total. The van der Waals surface area contributed by atoms with Gasteiger partial charge in [-0.15, -0.1) is 0 Å². The number of hydrogen-bond acceptors (Lipinski definition) is 3. The van der Waals surface area contributed by atoms with Crippen molar-refractivity contribution in [3.05, 3.63) is 59.7 Å². The third kappa shape index (κ3) is 4.35. The van der Waals surface area contributed by atoms with Crippen LogP contribution in [0.3, 0.4) is 0 Å². The molecule has 5 heteroatoms. The normalized spacial score (nSPS) is 14.6. The van der Waals surface area contributed by atoms with E-state index < -0.39 is 0 Å². The Kier molecular flexibility index (Phi) is 6.34. The van der Waals surface area contributed by atoms with Crippen molar-refractivity contribution < 1.29 is 14.3 Å². The third-order valence-corrected chi connectivity index (χ3v) is 5.37. The predicted octanol–water partition coefficient (Wildman–Crippen LogP) is 4.54. The number of carbonyl (C=O) groups is 2. The van der Waals surface area contributed by atoms with Gasteiger partial charge in [0.1, 0.15) is 5.75 Å². The maximum Gasteiger partial charge on any atom is 0.324 e. The SMILES string of the molecule is CCN(C(=O)N1CCC(C(=O)c2cccc(C)c2)CC1)c1ccc(OC)cc1. The summed E-state index contributed by atoms with van der Waals surface area (Å²) in [4.78, 5) is 29.4. The molecule has 0 atom stereocenters. The van der Waals surface area contributed by atoms with Crippen LogP contribution in [-0.2, 0) is 0 Å². The number of methoxy groups -OCH3 is 1. The molecule has 2 aromatic carbocycles. The molecule has 2 aromatic rings. The number of aryl methyl sites for hydroxylation is 1. The Morgan fingerprint density at radius 2 is 1.79 bits per heavy atom. The summed E-state index contributed by atoms with van der Waals surface area (Å²) in [5.41, 5.74) is 2.72. The maximum absolute atomic E-state index is 13.0. The lowest BCUT2D eigenvalue weighted by Crippen LogP contribution is -2.47. The lowest BCUT2D eigenvalue weighted by molar-refractivity contribution is 0.0857. The number of nitrogens with zero attached hydrogens (tertiary/aromatic N) is 2. The Hall–Kier alpha value is -2.82. The van der Waals surface area contributed by atoms with Crippen molar-refractivity contribution in [3.8, 4) is 5.75 Å². The number of anilines is 1. The quantitative estimate of drug-likeness (QED) is 0.715. The van der Waals surface area contributed by atoms with E-state index in [1.54, 1.807) is 12.0 Å². The summed E-state index contributed by atoms with van der Waals surface area (Å²) >= 11 is 0. The molecule has 1 aliphatic rings. The fraction of sp³-hybridized carbons (Fsp3) is 0.391. The molecule has 1 aliphatic heterocycles. The molecule has 0 spiro atoms. The molecule has 5 nitrogen and oxygen atoms in total. The van der Waals surface area contributed by atoms with Gasteiger partial charge >= 0.3 is 6.03 Å². The number of carbonyl (C=O) groups excluding carboxylic acids is 2. The fourth-order valence-corrected chi connectivity index (χ4v) is 3.73. The van der Waals surface area contributed by atoms with Gasteiger partial charge in [0.25, 0.3) is 0 Å². The first-order valence-electron chi connectivity index (χ1n) is 9.85. The largest absolute Gasteiger partial charge is 0.497 e. The number of ketones is 1. The molecule has 1 heterocycles. The van der Waals surface area contributed by atoms with Gasteiger partial charge in [0, 0.05) is 36.8 Å². The number of piperidine rings is 1. The van der Waals surface area contributed by atoms with Crippen molar-refractivity contribution in [3.63, 3.8) is 0 Å². The van der Waals surface area contributed by atoms with Crippen LogP contribution in [-0.4, -0.2) is 43.5 Å². The summed E-state index contributed by atoms with van der Waals surface area (Å²) in [6.07, 6.45) is 1.41. The molecule has 28 heavy (non-hydrogen) atoms. The molecular formula is C23H28N2O3. The fourth-order valence-electron chi connectivity index (χ4n) is 3.73. The Morgan fingerprint density at radius 3 is 2.36 bits per heavy atom. The van der Waals surface area contributed by atoms with Gasteiger partial charge in [0.15, 0.2) is 5.78 Å². The van der Waals surface area contributed by atoms with Crippen molar-refractivity contribution >= 4 is 17.5 Å². The van der Waals surface area contributed by atoms with Crippen LogP contribution in [0.5, 0.6) is 5.75 Å². The second-order valence-electron chi connectivity index (χ2n) is 7.22. The summed E-state index contributed by atoms with van der Waals surface area (Å²) in [6, 6.07) is 15.3. The summed E-state index contributed by atoms with van der Waals surface area (Å²) < 4.78 is 5.19. The molecule has 1 saturated heterocycles. The summed E-state index contributed by atoms with van der Waals surface area (Å²) in [5.74, 6) is 0.947. The minimum atomic E-state index is -0.0121. The smallest absolute Gasteiger partial charge is 0.324 e. The van der Waals surface area contributed by atoms with Gasteiger partial charge in [-0.2, -0.15) is 0 Å². The monoisotopic (exact) mass is 380 g/mol. The van der Waals surface area contributed by atoms with Crippen LogP contribution in [0.15, 0.2) is 48.5 Å². The lowest BCUT2D eigenvalue weighted by Gasteiger charge is -2.35. The van der Waals surface area contributed by atoms with E-state index in [9.17, 15) is 9.59 Å². The van der Waals surface area contributed by atoms with Crippen molar-refractivity contribution in [2.24, 2.45) is 5.92 Å². The number of rotatable bonds is 5. The van der Waals surface area contributed by atoms with E-state index in [0.29, 0.717) is 32.5 Å². The number of hydrogen-bond donors (Lipinski definition) is 0. The zero-order valence-corrected chi connectivity index (χ0v) is 16.9. The number of ether oxygens (including phenoxy) is 1. The van der Waals surface area contributed by atoms with E-state index in [-0.39, 0.29) is 17.7 Å². The minimum Gasteiger partial charge on any atom is -0.497 e. The molecule has 148 valence electrons. The van der Waals surface area contributed by atoms with Crippen LogP contribution in [0.25, 0.3) is 0 Å². The Bertz CT molecular complexity index is 824. The predicted molar refractivity (Wildman–Crippen MR) is 111 cm³/mol. The Labute approximate surface area is 166 Å². The molecule has 0 unspecified atom stereocenters. The molecule has 0 aromatic heterocycles. The first-order valence-corrected chi connectivity index (χ1v) is 9.85. The second-order valence-corrected chi connectivity index (χ2v) is 7.22. The highest BCUT2D eigenvalue weighted by atomic mass is 16.5. The van der Waals surface area contributed by atoms with Gasteiger partial charge in [-0.25, -0.2) is 4.79 Å². The van der Waals surface area contributed by atoms with Crippen LogP contribution in [0.4, 0.5) is 10.5 Å². The molecule has 2 amide bonds. The first kappa shape index (κ1) is 19.9. The highest BCUT2D eigenvalue weighted by Gasteiger charge is 2.30. The van der Waals surface area contributed by atoms with E-state index in [2.05, 4.69) is 0 Å². The van der Waals surface area contributed by atoms with Crippen molar-refractivity contribution in [1.29, 1.82) is 0 Å². The molecular weight excluding hydrogens is 352 g/mol. The summed E-state index contributed by atoms with van der Waals surface area (Å²) in [6.45, 7) is 5.77. The van der Waals surface area contributed by atoms with E-state index in [1.807, 2.05) is 67.3 Å². The van der Waals surface area contributed by atoms with Gasteiger partial charge < -0.3 is 9.64 Å². The highest BCUT2D eigenvalue weighted by Crippen LogP contribution is 2.25. The molecule has 0 bridgehead atoms. The van der Waals surface area contributed by atoms with Gasteiger partial charge in [0.05, 0.1) is 7.11 Å². The Morgan fingerprint density at radius 1 is 1.11 bits per heavy atom. The van der Waals surface area contributed by atoms with E-state index in [4.69, 9.17) is 4.74 Å². The maximum atomic E-state index is 13.0. The number of Topliss-reactive ketones (excluding diaryl/α,β-unsaturated/α-hetero) is 1. The third-order valence-electron chi connectivity index (χ3n) is 5.37. The van der Waals surface area contributed by atoms with E-state index in [1.165, 1.54) is 0 Å². The zero-order chi connectivity index (χ0) is 20.1. The van der Waals surface area contributed by atoms with Gasteiger partial charge in [-0.3, -0.25) is 9.69 Å². The van der Waals surface area contributed by atoms with Crippen LogP contribution in [0.1, 0.15) is 35.7 Å². The number of urea groups is 1. The van der Waals surface area contributed by atoms with Crippen LogP contribution in [0, 0.1) is 12.8 Å². The average Bonchev–Trinajstić information content (AvgIpc) is 2.74. The van der Waals surface area contributed by atoms with Crippen molar-refractivity contribution in [1.82, 2.24) is 4.90 Å². The zero-order valence-electron chi connectivity index (χ0n) is 16.9. The van der Waals surface area contributed by atoms with Gasteiger partial charge in [-0.05, 0) is 57.0 Å². The van der Waals surface area contributed by atoms with Crippen LogP contribution in [0.2, 0.25) is 0 Å². The minimum absolute atomic E-state index is 0.00544. The molecule has 0 radical (unpaired) electrons. The summed E-state index contributed by atoms with van der Waals surface area (Å²) in [7, 11) is 1.62. The first-order chi connectivity index (χ1) is 13.5. The molecule has 3 rings (SSSR count). The number of benzene rings is 2. The van der Waals surface area contributed by atoms with Gasteiger partial charge in [-0.1, -0.05) is 23.8 Å². The molecule has 0 saturated carbocycles. The van der Waals surface area contributed by atoms with Gasteiger partial charge in [0.2, 0.25) is 0 Å². The highest BCUT2D eigenvalue weighted by molar-refractivity contribution is 5.98. The van der Waals surface area contributed by atoms with Crippen LogP contribution >= 0.6 is 0 Å². The topological polar surface area (TPSA) is 49.9 Å². The second kappa shape index (κ2) is 8.91. The van der Waals surface area contributed by atoms with Crippen LogP contribution < -0.4 is 9.64 Å². The number of likely N-dealkylation sites (tertiary alicyclic amines) is 1. The van der Waals surface area contributed by atoms with E-state index >= 15 is 0 Å². The standard InChI is InChI=1S/C23H28N2O3/c1-4-25(20-8-10-21(28-3)11-9-20)23(27)24-14-12-18(13-15-24)22(26)19-7-5-6-17(2)16-19/h5-11,16,18H,4,12-15H2,1-3H3. The van der Waals surface area contributed by atoms with Crippen molar-refractivity contribution in [2.75, 3.05) is 31.6 Å². The lowest BCUT2D eigenvalue weighted by atomic mass is 9.88. The molecule has 0 aliphatic carbocycles. The number of amides is 2. The molecule has 1 fully saturated rings.